The molecule has 1 aromatic rings. The van der Waals surface area contributed by atoms with Crippen LogP contribution in [0.2, 0.25) is 0 Å². The minimum absolute atomic E-state index is 0.0448. The molecular formula is C24H34F2O. The Morgan fingerprint density at radius 2 is 1.56 bits per heavy atom. The lowest BCUT2D eigenvalue weighted by molar-refractivity contribution is 0.147. The number of benzene rings is 1. The number of ether oxygens (including phenoxy) is 1. The van der Waals surface area contributed by atoms with Crippen LogP contribution in [0.25, 0.3) is 0 Å². The molecule has 0 spiro atoms. The van der Waals surface area contributed by atoms with Gasteiger partial charge in [-0.2, -0.15) is 4.39 Å². The highest BCUT2D eigenvalue weighted by Gasteiger charge is 2.30. The van der Waals surface area contributed by atoms with Crippen LogP contribution in [-0.4, -0.2) is 0 Å². The Balaban J connectivity index is 1.47. The maximum atomic E-state index is 14.3. The summed E-state index contributed by atoms with van der Waals surface area (Å²) in [5.41, 5.74) is 0.476. The van der Waals surface area contributed by atoms with Gasteiger partial charge in [0.25, 0.3) is 0 Å². The van der Waals surface area contributed by atoms with Gasteiger partial charge in [-0.15, -0.1) is 0 Å². The zero-order valence-electron chi connectivity index (χ0n) is 16.9. The molecule has 0 aromatic heterocycles. The predicted octanol–water partition coefficient (Wildman–Crippen LogP) is 7.44. The van der Waals surface area contributed by atoms with Crippen LogP contribution in [0.1, 0.15) is 77.2 Å². The summed E-state index contributed by atoms with van der Waals surface area (Å²) in [4.78, 5) is 0. The van der Waals surface area contributed by atoms with E-state index in [1.165, 1.54) is 63.7 Å². The van der Waals surface area contributed by atoms with Crippen molar-refractivity contribution in [3.05, 3.63) is 41.7 Å². The van der Waals surface area contributed by atoms with Gasteiger partial charge in [0.1, 0.15) is 0 Å². The Hall–Kier alpha value is -1.38. The van der Waals surface area contributed by atoms with Gasteiger partial charge in [0.05, 0.1) is 6.26 Å². The molecule has 1 nitrogen and oxygen atoms in total. The Morgan fingerprint density at radius 3 is 2.19 bits per heavy atom. The highest BCUT2D eigenvalue weighted by atomic mass is 19.2. The van der Waals surface area contributed by atoms with Crippen LogP contribution in [0.5, 0.6) is 5.75 Å². The smallest absolute Gasteiger partial charge is 0.201 e. The molecule has 0 bridgehead atoms. The van der Waals surface area contributed by atoms with E-state index in [0.29, 0.717) is 17.9 Å². The first-order valence-corrected chi connectivity index (χ1v) is 10.8. The average molecular weight is 377 g/mol. The molecule has 27 heavy (non-hydrogen) atoms. The molecule has 150 valence electrons. The number of rotatable bonds is 6. The van der Waals surface area contributed by atoms with Crippen molar-refractivity contribution in [2.24, 2.45) is 23.7 Å². The monoisotopic (exact) mass is 376 g/mol. The fraction of sp³-hybridized carbons (Fsp3) is 0.667. The van der Waals surface area contributed by atoms with Crippen LogP contribution < -0.4 is 4.74 Å². The summed E-state index contributed by atoms with van der Waals surface area (Å²) in [6.45, 7) is 4.15. The number of aryl methyl sites for hydroxylation is 1. The molecule has 0 N–H and O–H groups in total. The molecule has 3 heteroatoms. The van der Waals surface area contributed by atoms with E-state index in [-0.39, 0.29) is 5.75 Å². The summed E-state index contributed by atoms with van der Waals surface area (Å²) in [6.07, 6.45) is 15.4. The molecule has 0 aliphatic heterocycles. The normalized spacial score (nSPS) is 29.2. The van der Waals surface area contributed by atoms with Gasteiger partial charge in [0.15, 0.2) is 11.6 Å². The summed E-state index contributed by atoms with van der Waals surface area (Å²) >= 11 is 0. The topological polar surface area (TPSA) is 9.23 Å². The molecule has 2 saturated carbocycles. The molecule has 0 heterocycles. The van der Waals surface area contributed by atoms with E-state index in [2.05, 4.69) is 6.92 Å². The zero-order valence-corrected chi connectivity index (χ0v) is 16.9. The van der Waals surface area contributed by atoms with Crippen LogP contribution in [0, 0.1) is 35.3 Å². The minimum atomic E-state index is -0.874. The van der Waals surface area contributed by atoms with Crippen LogP contribution in [0.15, 0.2) is 24.5 Å². The Bertz CT molecular complexity index is 624. The van der Waals surface area contributed by atoms with E-state index >= 15 is 0 Å². The van der Waals surface area contributed by atoms with Crippen LogP contribution in [0.4, 0.5) is 8.78 Å². The highest BCUT2D eigenvalue weighted by molar-refractivity contribution is 5.31. The SMILES string of the molecule is CC=COc1ccc(CCC2CCC(C3CCC(C)CC3)CC2)c(F)c1F. The standard InChI is InChI=1S/C24H34F2O/c1-3-16-27-22-15-14-21(23(25)24(22)26)13-8-18-6-11-20(12-7-18)19-9-4-17(2)5-10-19/h3,14-20H,4-13H2,1-2H3. The van der Waals surface area contributed by atoms with E-state index in [9.17, 15) is 8.78 Å². The number of hydrogen-bond acceptors (Lipinski definition) is 1. The molecule has 0 atom stereocenters. The molecule has 0 unspecified atom stereocenters. The second-order valence-corrected chi connectivity index (χ2v) is 8.78. The van der Waals surface area contributed by atoms with Gasteiger partial charge in [0.2, 0.25) is 5.82 Å². The third-order valence-corrected chi connectivity index (χ3v) is 6.90. The summed E-state index contributed by atoms with van der Waals surface area (Å²) in [6, 6.07) is 3.21. The minimum Gasteiger partial charge on any atom is -0.462 e. The highest BCUT2D eigenvalue weighted by Crippen LogP contribution is 2.42. The van der Waals surface area contributed by atoms with E-state index in [4.69, 9.17) is 4.74 Å². The van der Waals surface area contributed by atoms with Crippen molar-refractivity contribution in [1.82, 2.24) is 0 Å². The first kappa shape index (κ1) is 20.4. The van der Waals surface area contributed by atoms with E-state index in [0.717, 1.165) is 24.2 Å². The van der Waals surface area contributed by atoms with Gasteiger partial charge < -0.3 is 4.74 Å². The van der Waals surface area contributed by atoms with Gasteiger partial charge in [-0.3, -0.25) is 0 Å². The summed E-state index contributed by atoms with van der Waals surface area (Å²) in [7, 11) is 0. The molecule has 0 radical (unpaired) electrons. The van der Waals surface area contributed by atoms with Crippen molar-refractivity contribution in [2.75, 3.05) is 0 Å². The van der Waals surface area contributed by atoms with Crippen molar-refractivity contribution in [3.63, 3.8) is 0 Å². The Kier molecular flexibility index (Phi) is 7.32. The summed E-state index contributed by atoms with van der Waals surface area (Å²) in [5, 5.41) is 0. The van der Waals surface area contributed by atoms with Gasteiger partial charge in [-0.25, -0.2) is 4.39 Å². The Morgan fingerprint density at radius 1 is 0.926 bits per heavy atom. The first-order chi connectivity index (χ1) is 13.1. The van der Waals surface area contributed by atoms with Gasteiger partial charge >= 0.3 is 0 Å². The molecule has 0 saturated heterocycles. The van der Waals surface area contributed by atoms with E-state index in [1.54, 1.807) is 19.1 Å². The second kappa shape index (κ2) is 9.71. The number of allylic oxidation sites excluding steroid dienone is 1. The summed E-state index contributed by atoms with van der Waals surface area (Å²) in [5.74, 6) is 1.76. The molecular weight excluding hydrogens is 342 g/mol. The van der Waals surface area contributed by atoms with Crippen molar-refractivity contribution < 1.29 is 13.5 Å². The molecule has 1 aromatic carbocycles. The van der Waals surface area contributed by atoms with Crippen LogP contribution in [-0.2, 0) is 6.42 Å². The average Bonchev–Trinajstić information content (AvgIpc) is 2.69. The maximum absolute atomic E-state index is 14.3. The summed E-state index contributed by atoms with van der Waals surface area (Å²) < 4.78 is 33.5. The molecule has 3 rings (SSSR count). The Labute approximate surface area is 163 Å². The fourth-order valence-corrected chi connectivity index (χ4v) is 5.06. The largest absolute Gasteiger partial charge is 0.462 e. The van der Waals surface area contributed by atoms with Crippen molar-refractivity contribution >= 4 is 0 Å². The molecule has 0 amide bonds. The molecule has 2 fully saturated rings. The van der Waals surface area contributed by atoms with Crippen LogP contribution >= 0.6 is 0 Å². The van der Waals surface area contributed by atoms with Crippen molar-refractivity contribution in [2.45, 2.75) is 78.1 Å². The zero-order chi connectivity index (χ0) is 19.2. The predicted molar refractivity (Wildman–Crippen MR) is 107 cm³/mol. The lowest BCUT2D eigenvalue weighted by atomic mass is 9.69. The quantitative estimate of drug-likeness (QED) is 0.469. The number of halogens is 2. The second-order valence-electron chi connectivity index (χ2n) is 8.78. The maximum Gasteiger partial charge on any atom is 0.201 e. The van der Waals surface area contributed by atoms with Gasteiger partial charge in [-0.1, -0.05) is 44.7 Å². The number of hydrogen-bond donors (Lipinski definition) is 0. The third kappa shape index (κ3) is 5.33. The fourth-order valence-electron chi connectivity index (χ4n) is 5.06. The van der Waals surface area contributed by atoms with Gasteiger partial charge in [-0.05, 0) is 80.8 Å². The molecule has 2 aliphatic rings. The van der Waals surface area contributed by atoms with E-state index < -0.39 is 11.6 Å². The molecule has 2 aliphatic carbocycles. The van der Waals surface area contributed by atoms with E-state index in [1.807, 2.05) is 0 Å². The van der Waals surface area contributed by atoms with Crippen molar-refractivity contribution in [1.29, 1.82) is 0 Å². The van der Waals surface area contributed by atoms with Crippen LogP contribution in [0.3, 0.4) is 0 Å². The van der Waals surface area contributed by atoms with Gasteiger partial charge in [0, 0.05) is 0 Å². The first-order valence-electron chi connectivity index (χ1n) is 10.8. The lowest BCUT2D eigenvalue weighted by Crippen LogP contribution is -2.25. The third-order valence-electron chi connectivity index (χ3n) is 6.90. The lowest BCUT2D eigenvalue weighted by Gasteiger charge is -2.37. The van der Waals surface area contributed by atoms with Crippen molar-refractivity contribution in [3.8, 4) is 5.75 Å².